The molecule has 1 aromatic heterocycles. The molecule has 0 aliphatic carbocycles. The molecule has 6 nitrogen and oxygen atoms in total. The van der Waals surface area contributed by atoms with Crippen molar-refractivity contribution in [2.24, 2.45) is 0 Å². The fourth-order valence-electron chi connectivity index (χ4n) is 3.42. The van der Waals surface area contributed by atoms with Crippen LogP contribution in [-0.4, -0.2) is 27.0 Å². The van der Waals surface area contributed by atoms with Crippen molar-refractivity contribution in [3.8, 4) is 11.1 Å². The van der Waals surface area contributed by atoms with Gasteiger partial charge < -0.3 is 9.84 Å². The number of ether oxygens (including phenoxy) is 1. The lowest BCUT2D eigenvalue weighted by Gasteiger charge is -2.28. The zero-order valence-electron chi connectivity index (χ0n) is 14.6. The molecule has 0 bridgehead atoms. The van der Waals surface area contributed by atoms with E-state index < -0.39 is 10.8 Å². The molecule has 1 aromatic carbocycles. The van der Waals surface area contributed by atoms with Gasteiger partial charge in [0.05, 0.1) is 27.4 Å². The third-order valence-electron chi connectivity index (χ3n) is 4.72. The van der Waals surface area contributed by atoms with Crippen LogP contribution in [0.1, 0.15) is 36.1 Å². The van der Waals surface area contributed by atoms with E-state index in [0.717, 1.165) is 22.3 Å². The van der Waals surface area contributed by atoms with Crippen molar-refractivity contribution < 1.29 is 13.7 Å². The van der Waals surface area contributed by atoms with Crippen LogP contribution in [0.5, 0.6) is 0 Å². The molecule has 0 amide bonds. The minimum atomic E-state index is -1.54. The fourth-order valence-corrected chi connectivity index (χ4v) is 4.88. The van der Waals surface area contributed by atoms with Gasteiger partial charge in [-0.2, -0.15) is 0 Å². The molecule has 0 radical (unpaired) electrons. The average molecular weight is 360 g/mol. The molecule has 2 unspecified atom stereocenters. The van der Waals surface area contributed by atoms with Crippen LogP contribution in [0, 0.1) is 13.8 Å². The predicted octanol–water partition coefficient (Wildman–Crippen LogP) is 2.39. The van der Waals surface area contributed by atoms with Gasteiger partial charge >= 0.3 is 0 Å². The number of hydrogen-bond acceptors (Lipinski definition) is 4. The molecular weight excluding hydrogens is 340 g/mol. The number of H-pyrrole nitrogens is 1. The van der Waals surface area contributed by atoms with Gasteiger partial charge in [-0.3, -0.25) is 9.48 Å². The van der Waals surface area contributed by atoms with Gasteiger partial charge in [-0.1, -0.05) is 0 Å². The highest BCUT2D eigenvalue weighted by Crippen LogP contribution is 2.43. The van der Waals surface area contributed by atoms with Gasteiger partial charge in [-0.25, -0.2) is 9.00 Å². The SMILES string of the molecule is CCn1[nH]cc(-c2cc(C)c3c(c2C)C(OC)CC(=C=O)S3=O)c1=O. The summed E-state index contributed by atoms with van der Waals surface area (Å²) in [6.07, 6.45) is 1.56. The van der Waals surface area contributed by atoms with Gasteiger partial charge in [0, 0.05) is 31.8 Å². The van der Waals surface area contributed by atoms with Crippen LogP contribution in [0.2, 0.25) is 0 Å². The molecule has 0 spiro atoms. The quantitative estimate of drug-likeness (QED) is 0.852. The van der Waals surface area contributed by atoms with Crippen molar-refractivity contribution >= 4 is 16.7 Å². The second-order valence-electron chi connectivity index (χ2n) is 6.07. The van der Waals surface area contributed by atoms with Crippen molar-refractivity contribution in [2.75, 3.05) is 7.11 Å². The molecule has 2 heterocycles. The van der Waals surface area contributed by atoms with Crippen molar-refractivity contribution in [3.05, 3.63) is 44.2 Å². The van der Waals surface area contributed by atoms with E-state index in [0.29, 0.717) is 17.0 Å². The Morgan fingerprint density at radius 1 is 1.40 bits per heavy atom. The molecule has 3 rings (SSSR count). The summed E-state index contributed by atoms with van der Waals surface area (Å²) in [5.74, 6) is 1.80. The summed E-state index contributed by atoms with van der Waals surface area (Å²) >= 11 is 0. The first-order valence-corrected chi connectivity index (χ1v) is 9.20. The second kappa shape index (κ2) is 6.59. The lowest BCUT2D eigenvalue weighted by atomic mass is 9.91. The Morgan fingerprint density at radius 3 is 2.68 bits per heavy atom. The molecule has 2 atom stereocenters. The number of fused-ring (bicyclic) bond motifs is 1. The number of nitrogens with zero attached hydrogens (tertiary/aromatic N) is 1. The largest absolute Gasteiger partial charge is 0.376 e. The number of nitrogens with one attached hydrogen (secondary N) is 1. The molecule has 1 aliphatic rings. The topological polar surface area (TPSA) is 81.2 Å². The van der Waals surface area contributed by atoms with E-state index in [-0.39, 0.29) is 23.0 Å². The lowest BCUT2D eigenvalue weighted by Crippen LogP contribution is -2.20. The third-order valence-corrected chi connectivity index (χ3v) is 6.33. The number of carbonyl (C=O) groups excluding carboxylic acids is 1. The van der Waals surface area contributed by atoms with Crippen molar-refractivity contribution in [3.63, 3.8) is 0 Å². The smallest absolute Gasteiger partial charge is 0.274 e. The van der Waals surface area contributed by atoms with Crippen LogP contribution in [0.25, 0.3) is 11.1 Å². The highest BCUT2D eigenvalue weighted by molar-refractivity contribution is 7.89. The Balaban J connectivity index is 2.32. The monoisotopic (exact) mass is 360 g/mol. The van der Waals surface area contributed by atoms with E-state index in [4.69, 9.17) is 4.74 Å². The van der Waals surface area contributed by atoms with Gasteiger partial charge in [-0.05, 0) is 43.5 Å². The summed E-state index contributed by atoms with van der Waals surface area (Å²) in [4.78, 5) is 24.5. The van der Waals surface area contributed by atoms with Gasteiger partial charge in [0.1, 0.15) is 10.8 Å². The second-order valence-corrected chi connectivity index (χ2v) is 7.51. The van der Waals surface area contributed by atoms with E-state index >= 15 is 0 Å². The summed E-state index contributed by atoms with van der Waals surface area (Å²) in [5.41, 5.74) is 3.70. The maximum Gasteiger partial charge on any atom is 0.274 e. The van der Waals surface area contributed by atoms with Gasteiger partial charge in [-0.15, -0.1) is 0 Å². The van der Waals surface area contributed by atoms with E-state index in [2.05, 4.69) is 5.10 Å². The maximum atomic E-state index is 12.7. The first-order chi connectivity index (χ1) is 11.9. The standard InChI is InChI=1S/C18H20N2O4S/c1-5-20-18(22)14(8-19-20)13-6-10(2)17-16(11(13)3)15(24-4)7-12(9-21)25(17)23/h6,8,15,19H,5,7H2,1-4H3. The molecule has 0 fully saturated rings. The number of aromatic amines is 1. The lowest BCUT2D eigenvalue weighted by molar-refractivity contribution is 0.101. The number of aromatic nitrogens is 2. The number of benzene rings is 1. The zero-order valence-corrected chi connectivity index (χ0v) is 15.5. The number of aryl methyl sites for hydroxylation is 2. The van der Waals surface area contributed by atoms with Crippen LogP contribution in [0.4, 0.5) is 0 Å². The molecule has 132 valence electrons. The average Bonchev–Trinajstić information content (AvgIpc) is 2.98. The van der Waals surface area contributed by atoms with E-state index in [9.17, 15) is 13.8 Å². The molecule has 7 heteroatoms. The highest BCUT2D eigenvalue weighted by atomic mass is 32.2. The number of hydrogen-bond donors (Lipinski definition) is 1. The summed E-state index contributed by atoms with van der Waals surface area (Å²) in [7, 11) is 0.0208. The Bertz CT molecular complexity index is 980. The Labute approximate surface area is 147 Å². The van der Waals surface area contributed by atoms with E-state index in [1.54, 1.807) is 19.2 Å². The molecular formula is C18H20N2O4S. The minimum Gasteiger partial charge on any atom is -0.376 e. The van der Waals surface area contributed by atoms with Crippen LogP contribution in [0.3, 0.4) is 0 Å². The molecule has 25 heavy (non-hydrogen) atoms. The van der Waals surface area contributed by atoms with Crippen molar-refractivity contribution in [1.29, 1.82) is 0 Å². The number of methoxy groups -OCH3 is 1. The Morgan fingerprint density at radius 2 is 2.12 bits per heavy atom. The normalized spacial score (nSPS) is 19.6. The highest BCUT2D eigenvalue weighted by Gasteiger charge is 2.33. The summed E-state index contributed by atoms with van der Waals surface area (Å²) in [6, 6.07) is 1.86. The molecule has 0 saturated heterocycles. The van der Waals surface area contributed by atoms with Crippen LogP contribution in [-0.2, 0) is 26.9 Å². The van der Waals surface area contributed by atoms with E-state index in [1.807, 2.05) is 26.8 Å². The van der Waals surface area contributed by atoms with Gasteiger partial charge in [0.15, 0.2) is 0 Å². The van der Waals surface area contributed by atoms with E-state index in [1.165, 1.54) is 4.68 Å². The third kappa shape index (κ3) is 2.65. The first-order valence-electron chi connectivity index (χ1n) is 8.05. The summed E-state index contributed by atoms with van der Waals surface area (Å²) in [6.45, 7) is 6.18. The van der Waals surface area contributed by atoms with Gasteiger partial charge in [0.2, 0.25) is 0 Å². The Kier molecular flexibility index (Phi) is 4.64. The molecule has 0 saturated carbocycles. The predicted molar refractivity (Wildman–Crippen MR) is 95.6 cm³/mol. The Hall–Kier alpha value is -2.21. The van der Waals surface area contributed by atoms with Crippen molar-refractivity contribution in [1.82, 2.24) is 9.78 Å². The first kappa shape index (κ1) is 17.6. The maximum absolute atomic E-state index is 12.7. The van der Waals surface area contributed by atoms with Crippen LogP contribution >= 0.6 is 0 Å². The van der Waals surface area contributed by atoms with Crippen LogP contribution < -0.4 is 5.56 Å². The zero-order chi connectivity index (χ0) is 18.3. The molecule has 1 aliphatic heterocycles. The fraction of sp³-hybridized carbons (Fsp3) is 0.389. The number of rotatable bonds is 3. The summed E-state index contributed by atoms with van der Waals surface area (Å²) in [5, 5.41) is 2.96. The van der Waals surface area contributed by atoms with Crippen molar-refractivity contribution in [2.45, 2.75) is 44.7 Å². The minimum absolute atomic E-state index is 0.0932. The molecule has 2 aromatic rings. The van der Waals surface area contributed by atoms with Gasteiger partial charge in [0.25, 0.3) is 5.56 Å². The summed E-state index contributed by atoms with van der Waals surface area (Å²) < 4.78 is 19.8. The van der Waals surface area contributed by atoms with Crippen LogP contribution in [0.15, 0.2) is 26.9 Å². The molecule has 1 N–H and O–H groups in total.